The second kappa shape index (κ2) is 8.41. The molecule has 0 bridgehead atoms. The molecule has 0 fully saturated rings. The third-order valence-corrected chi connectivity index (χ3v) is 4.63. The van der Waals surface area contributed by atoms with Crippen LogP contribution in [0.1, 0.15) is 43.6 Å². The first-order valence-electron chi connectivity index (χ1n) is 9.71. The third kappa shape index (κ3) is 4.51. The molecule has 0 aliphatic carbocycles. The van der Waals surface area contributed by atoms with Gasteiger partial charge in [-0.3, -0.25) is 14.9 Å². The Kier molecular flexibility index (Phi) is 5.91. The summed E-state index contributed by atoms with van der Waals surface area (Å²) in [5, 5.41) is 5.91. The lowest BCUT2D eigenvalue weighted by Gasteiger charge is -2.23. The molecule has 0 saturated carbocycles. The lowest BCUT2D eigenvalue weighted by Crippen LogP contribution is -2.23. The van der Waals surface area contributed by atoms with Gasteiger partial charge >= 0.3 is 6.09 Å². The average Bonchev–Trinajstić information content (AvgIpc) is 2.67. The van der Waals surface area contributed by atoms with Gasteiger partial charge in [-0.05, 0) is 42.2 Å². The fourth-order valence-corrected chi connectivity index (χ4v) is 3.19. The van der Waals surface area contributed by atoms with Gasteiger partial charge < -0.3 is 15.0 Å². The smallest absolute Gasteiger partial charge is 0.411 e. The summed E-state index contributed by atoms with van der Waals surface area (Å²) in [5.74, 6) is -0.535. The minimum atomic E-state index is -0.572. The summed E-state index contributed by atoms with van der Waals surface area (Å²) in [6.07, 6.45) is 0.832. The minimum absolute atomic E-state index is 0.00787. The zero-order valence-electron chi connectivity index (χ0n) is 17.5. The number of para-hydroxylation sites is 1. The van der Waals surface area contributed by atoms with Gasteiger partial charge in [0.25, 0.3) is 5.91 Å². The van der Waals surface area contributed by atoms with Crippen LogP contribution in [0.2, 0.25) is 0 Å². The molecule has 3 rings (SSSR count). The van der Waals surface area contributed by atoms with E-state index >= 15 is 0 Å². The van der Waals surface area contributed by atoms with Crippen molar-refractivity contribution in [1.29, 1.82) is 0 Å². The number of ether oxygens (including phenoxy) is 1. The van der Waals surface area contributed by atoms with Gasteiger partial charge in [0.2, 0.25) is 5.43 Å². The number of pyridine rings is 1. The lowest BCUT2D eigenvalue weighted by atomic mass is 9.85. The van der Waals surface area contributed by atoms with Crippen molar-refractivity contribution in [3.63, 3.8) is 0 Å². The van der Waals surface area contributed by atoms with Crippen molar-refractivity contribution in [1.82, 2.24) is 4.98 Å². The van der Waals surface area contributed by atoms with E-state index < -0.39 is 12.0 Å². The SMILES string of the molecule is CCOC(=O)Nc1cc(NC(=O)c2c[nH]c3ccccc3c2=O)ccc1C(C)(C)C. The molecule has 0 spiro atoms. The molecule has 0 atom stereocenters. The number of H-pyrrole nitrogens is 1. The molecular formula is C23H25N3O4. The van der Waals surface area contributed by atoms with E-state index in [1.165, 1.54) is 6.20 Å². The van der Waals surface area contributed by atoms with Gasteiger partial charge in [-0.2, -0.15) is 0 Å². The highest BCUT2D eigenvalue weighted by atomic mass is 16.5. The Labute approximate surface area is 174 Å². The van der Waals surface area contributed by atoms with Crippen LogP contribution in [0.15, 0.2) is 53.5 Å². The van der Waals surface area contributed by atoms with E-state index in [4.69, 9.17) is 4.74 Å². The van der Waals surface area contributed by atoms with Crippen LogP contribution in [-0.4, -0.2) is 23.6 Å². The Hall–Kier alpha value is -3.61. The van der Waals surface area contributed by atoms with Crippen LogP contribution < -0.4 is 16.1 Å². The number of amides is 2. The van der Waals surface area contributed by atoms with Crippen LogP contribution in [0, 0.1) is 0 Å². The van der Waals surface area contributed by atoms with Crippen LogP contribution >= 0.6 is 0 Å². The van der Waals surface area contributed by atoms with Gasteiger partial charge in [-0.15, -0.1) is 0 Å². The van der Waals surface area contributed by atoms with Crippen molar-refractivity contribution in [2.45, 2.75) is 33.1 Å². The van der Waals surface area contributed by atoms with Crippen molar-refractivity contribution in [2.24, 2.45) is 0 Å². The van der Waals surface area contributed by atoms with Gasteiger partial charge in [0.15, 0.2) is 0 Å². The molecule has 2 aromatic carbocycles. The van der Waals surface area contributed by atoms with Crippen LogP contribution in [0.4, 0.5) is 16.2 Å². The Morgan fingerprint density at radius 1 is 1.07 bits per heavy atom. The maximum Gasteiger partial charge on any atom is 0.411 e. The highest BCUT2D eigenvalue weighted by molar-refractivity contribution is 6.06. The second-order valence-corrected chi connectivity index (χ2v) is 7.89. The fraction of sp³-hybridized carbons (Fsp3) is 0.261. The first-order valence-corrected chi connectivity index (χ1v) is 9.71. The number of hydrogen-bond donors (Lipinski definition) is 3. The average molecular weight is 407 g/mol. The van der Waals surface area contributed by atoms with Crippen molar-refractivity contribution >= 4 is 34.3 Å². The summed E-state index contributed by atoms with van der Waals surface area (Å²) in [6, 6.07) is 12.2. The number of aromatic amines is 1. The maximum absolute atomic E-state index is 12.8. The zero-order valence-corrected chi connectivity index (χ0v) is 17.5. The fourth-order valence-electron chi connectivity index (χ4n) is 3.19. The summed E-state index contributed by atoms with van der Waals surface area (Å²) < 4.78 is 4.98. The first kappa shape index (κ1) is 21.1. The molecule has 0 saturated heterocycles. The summed E-state index contributed by atoms with van der Waals surface area (Å²) in [5.41, 5.74) is 1.95. The maximum atomic E-state index is 12.8. The van der Waals surface area contributed by atoms with Crippen molar-refractivity contribution in [3.8, 4) is 0 Å². The number of fused-ring (bicyclic) bond motifs is 1. The molecule has 0 unspecified atom stereocenters. The van der Waals surface area contributed by atoms with Gasteiger partial charge in [0.05, 0.1) is 6.61 Å². The van der Waals surface area contributed by atoms with E-state index in [9.17, 15) is 14.4 Å². The lowest BCUT2D eigenvalue weighted by molar-refractivity contribution is 0.102. The topological polar surface area (TPSA) is 100 Å². The Morgan fingerprint density at radius 2 is 1.80 bits per heavy atom. The van der Waals surface area contributed by atoms with E-state index in [1.807, 2.05) is 32.9 Å². The molecule has 7 nitrogen and oxygen atoms in total. The van der Waals surface area contributed by atoms with E-state index in [0.717, 1.165) is 5.56 Å². The van der Waals surface area contributed by atoms with Gasteiger partial charge in [-0.1, -0.05) is 39.0 Å². The number of rotatable bonds is 4. The molecule has 2 amide bonds. The summed E-state index contributed by atoms with van der Waals surface area (Å²) in [7, 11) is 0. The molecule has 3 aromatic rings. The van der Waals surface area contributed by atoms with Crippen LogP contribution in [-0.2, 0) is 10.2 Å². The largest absolute Gasteiger partial charge is 0.450 e. The molecule has 156 valence electrons. The number of benzene rings is 2. The molecule has 1 aromatic heterocycles. The zero-order chi connectivity index (χ0) is 21.9. The number of aromatic nitrogens is 1. The predicted molar refractivity (Wildman–Crippen MR) is 118 cm³/mol. The van der Waals surface area contributed by atoms with E-state index in [-0.39, 0.29) is 23.0 Å². The normalized spacial score (nSPS) is 11.2. The van der Waals surface area contributed by atoms with Crippen LogP contribution in [0.3, 0.4) is 0 Å². The number of hydrogen-bond acceptors (Lipinski definition) is 4. The summed E-state index contributed by atoms with van der Waals surface area (Å²) in [4.78, 5) is 40.4. The highest BCUT2D eigenvalue weighted by Gasteiger charge is 2.21. The van der Waals surface area contributed by atoms with E-state index in [1.54, 1.807) is 37.3 Å². The van der Waals surface area contributed by atoms with Gasteiger partial charge in [0, 0.05) is 28.5 Å². The molecule has 3 N–H and O–H groups in total. The van der Waals surface area contributed by atoms with Gasteiger partial charge in [-0.25, -0.2) is 4.79 Å². The van der Waals surface area contributed by atoms with Crippen molar-refractivity contribution < 1.29 is 14.3 Å². The second-order valence-electron chi connectivity index (χ2n) is 7.89. The number of carbonyl (C=O) groups is 2. The molecule has 0 aliphatic rings. The monoisotopic (exact) mass is 407 g/mol. The molecule has 30 heavy (non-hydrogen) atoms. The molecule has 0 radical (unpaired) electrons. The quantitative estimate of drug-likeness (QED) is 0.586. The van der Waals surface area contributed by atoms with E-state index in [2.05, 4.69) is 15.6 Å². The number of anilines is 2. The van der Waals surface area contributed by atoms with Crippen molar-refractivity contribution in [2.75, 3.05) is 17.2 Å². The van der Waals surface area contributed by atoms with Crippen LogP contribution in [0.5, 0.6) is 0 Å². The van der Waals surface area contributed by atoms with Crippen LogP contribution in [0.25, 0.3) is 10.9 Å². The standard InChI is InChI=1S/C23H25N3O4/c1-5-30-22(29)26-19-12-14(10-11-17(19)23(2,3)4)25-21(28)16-13-24-18-9-7-6-8-15(18)20(16)27/h6-13H,5H2,1-4H3,(H,24,27)(H,25,28)(H,26,29). The molecular weight excluding hydrogens is 382 g/mol. The Balaban J connectivity index is 1.93. The van der Waals surface area contributed by atoms with Gasteiger partial charge in [0.1, 0.15) is 5.56 Å². The summed E-state index contributed by atoms with van der Waals surface area (Å²) >= 11 is 0. The Bertz CT molecular complexity index is 1160. The molecule has 0 aliphatic heterocycles. The minimum Gasteiger partial charge on any atom is -0.450 e. The summed E-state index contributed by atoms with van der Waals surface area (Å²) in [6.45, 7) is 8.03. The van der Waals surface area contributed by atoms with Crippen molar-refractivity contribution in [3.05, 3.63) is 70.0 Å². The van der Waals surface area contributed by atoms with E-state index in [0.29, 0.717) is 22.3 Å². The molecule has 7 heteroatoms. The third-order valence-electron chi connectivity index (χ3n) is 4.63. The predicted octanol–water partition coefficient (Wildman–Crippen LogP) is 4.65. The Morgan fingerprint density at radius 3 is 2.50 bits per heavy atom. The highest BCUT2D eigenvalue weighted by Crippen LogP contribution is 2.32. The molecule has 1 heterocycles. The number of carbonyl (C=O) groups excluding carboxylic acids is 2. The first-order chi connectivity index (χ1) is 14.2. The number of nitrogens with one attached hydrogen (secondary N) is 3.